The van der Waals surface area contributed by atoms with Gasteiger partial charge in [0, 0.05) is 12.0 Å². The summed E-state index contributed by atoms with van der Waals surface area (Å²) in [5.74, 6) is -2.25. The summed E-state index contributed by atoms with van der Waals surface area (Å²) in [5, 5.41) is 9.67. The summed E-state index contributed by atoms with van der Waals surface area (Å²) in [6, 6.07) is -0.414. The lowest BCUT2D eigenvalue weighted by molar-refractivity contribution is -0.130. The molecule has 1 aromatic rings. The van der Waals surface area contributed by atoms with E-state index in [9.17, 15) is 19.1 Å². The fourth-order valence-corrected chi connectivity index (χ4v) is 2.59. The highest BCUT2D eigenvalue weighted by Crippen LogP contribution is 2.51. The maximum absolute atomic E-state index is 13.4. The van der Waals surface area contributed by atoms with Crippen LogP contribution in [0.15, 0.2) is 9.59 Å². The van der Waals surface area contributed by atoms with Crippen LogP contribution in [0.5, 0.6) is 5.88 Å². The van der Waals surface area contributed by atoms with Crippen LogP contribution in [-0.2, 0) is 4.74 Å². The van der Waals surface area contributed by atoms with Crippen LogP contribution in [0.2, 0.25) is 0 Å². The van der Waals surface area contributed by atoms with Crippen molar-refractivity contribution in [1.29, 1.82) is 0 Å². The van der Waals surface area contributed by atoms with E-state index in [1.807, 2.05) is 25.8 Å². The number of aromatic amines is 1. The van der Waals surface area contributed by atoms with Crippen LogP contribution >= 0.6 is 0 Å². The Bertz CT molecular complexity index is 605. The molecular weight excluding hydrogens is 255 g/mol. The lowest BCUT2D eigenvalue weighted by Gasteiger charge is -2.51. The predicted octanol–water partition coefficient (Wildman–Crippen LogP) is 0.757. The Hall–Kier alpha value is -1.63. The molecule has 106 valence electrons. The van der Waals surface area contributed by atoms with E-state index >= 15 is 0 Å². The highest BCUT2D eigenvalue weighted by atomic mass is 19.1. The van der Waals surface area contributed by atoms with Gasteiger partial charge in [0.15, 0.2) is 0 Å². The second-order valence-electron chi connectivity index (χ2n) is 5.28. The Morgan fingerprint density at radius 2 is 2.16 bits per heavy atom. The monoisotopic (exact) mass is 272 g/mol. The van der Waals surface area contributed by atoms with Crippen LogP contribution in [0, 0.1) is 11.2 Å². The first-order valence-corrected chi connectivity index (χ1v) is 6.15. The summed E-state index contributed by atoms with van der Waals surface area (Å²) in [5.41, 5.74) is -2.45. The number of nitrogens with zero attached hydrogens (tertiary/aromatic N) is 1. The van der Waals surface area contributed by atoms with E-state index in [-0.39, 0.29) is 6.10 Å². The van der Waals surface area contributed by atoms with Gasteiger partial charge < -0.3 is 9.84 Å². The lowest BCUT2D eigenvalue weighted by Crippen LogP contribution is -2.54. The fourth-order valence-electron chi connectivity index (χ4n) is 2.59. The Morgan fingerprint density at radius 1 is 1.53 bits per heavy atom. The third-order valence-electron chi connectivity index (χ3n) is 3.87. The lowest BCUT2D eigenvalue weighted by atomic mass is 9.64. The number of halogens is 1. The maximum atomic E-state index is 13.4. The molecule has 6 nitrogen and oxygen atoms in total. The number of H-pyrrole nitrogens is 1. The third kappa shape index (κ3) is 1.98. The van der Waals surface area contributed by atoms with Crippen molar-refractivity contribution < 1.29 is 14.2 Å². The summed E-state index contributed by atoms with van der Waals surface area (Å²) in [4.78, 5) is 24.6. The average molecular weight is 272 g/mol. The van der Waals surface area contributed by atoms with Gasteiger partial charge in [-0.3, -0.25) is 14.3 Å². The van der Waals surface area contributed by atoms with Crippen molar-refractivity contribution in [3.05, 3.63) is 26.7 Å². The molecule has 0 spiro atoms. The van der Waals surface area contributed by atoms with E-state index in [1.54, 1.807) is 0 Å². The van der Waals surface area contributed by atoms with Crippen molar-refractivity contribution in [3.8, 4) is 5.88 Å². The SMILES string of the molecule is CCOC1CC(n2c(O)c(F)c(=O)[nH]c2=O)C1(C)C. The largest absolute Gasteiger partial charge is 0.492 e. The molecule has 1 saturated carbocycles. The summed E-state index contributed by atoms with van der Waals surface area (Å²) in [6.45, 7) is 6.15. The second-order valence-corrected chi connectivity index (χ2v) is 5.28. The molecule has 1 aliphatic rings. The highest BCUT2D eigenvalue weighted by Gasteiger charge is 2.51. The molecule has 1 fully saturated rings. The number of aromatic hydroxyl groups is 1. The Kier molecular flexibility index (Phi) is 3.25. The minimum Gasteiger partial charge on any atom is -0.492 e. The van der Waals surface area contributed by atoms with Crippen LogP contribution in [0.1, 0.15) is 33.2 Å². The molecule has 1 heterocycles. The summed E-state index contributed by atoms with van der Waals surface area (Å²) < 4.78 is 19.8. The summed E-state index contributed by atoms with van der Waals surface area (Å²) in [6.07, 6.45) is 0.420. The van der Waals surface area contributed by atoms with Gasteiger partial charge in [-0.25, -0.2) is 4.79 Å². The molecule has 19 heavy (non-hydrogen) atoms. The van der Waals surface area contributed by atoms with E-state index in [2.05, 4.69) is 0 Å². The van der Waals surface area contributed by atoms with Gasteiger partial charge in [0.05, 0.1) is 12.1 Å². The van der Waals surface area contributed by atoms with Crippen molar-refractivity contribution >= 4 is 0 Å². The van der Waals surface area contributed by atoms with Crippen LogP contribution in [0.4, 0.5) is 4.39 Å². The highest BCUT2D eigenvalue weighted by molar-refractivity contribution is 5.15. The van der Waals surface area contributed by atoms with Crippen LogP contribution in [0.25, 0.3) is 0 Å². The minimum atomic E-state index is -1.34. The fraction of sp³-hybridized carbons (Fsp3) is 0.667. The van der Waals surface area contributed by atoms with E-state index in [1.165, 1.54) is 0 Å². The molecule has 0 radical (unpaired) electrons. The number of hydrogen-bond donors (Lipinski definition) is 2. The molecule has 0 aliphatic heterocycles. The molecule has 0 amide bonds. The Morgan fingerprint density at radius 3 is 2.68 bits per heavy atom. The van der Waals surface area contributed by atoms with Crippen molar-refractivity contribution in [1.82, 2.24) is 9.55 Å². The number of ether oxygens (including phenoxy) is 1. The molecule has 2 atom stereocenters. The summed E-state index contributed by atoms with van der Waals surface area (Å²) in [7, 11) is 0. The van der Waals surface area contributed by atoms with E-state index in [0.29, 0.717) is 13.0 Å². The van der Waals surface area contributed by atoms with Crippen molar-refractivity contribution in [3.63, 3.8) is 0 Å². The molecule has 0 bridgehead atoms. The number of hydrogen-bond acceptors (Lipinski definition) is 4. The van der Waals surface area contributed by atoms with Gasteiger partial charge in [-0.2, -0.15) is 4.39 Å². The normalized spacial score (nSPS) is 25.1. The van der Waals surface area contributed by atoms with Gasteiger partial charge in [0.2, 0.25) is 11.7 Å². The molecule has 2 N–H and O–H groups in total. The molecule has 1 aliphatic carbocycles. The molecule has 2 unspecified atom stereocenters. The van der Waals surface area contributed by atoms with Gasteiger partial charge in [-0.15, -0.1) is 0 Å². The van der Waals surface area contributed by atoms with Crippen molar-refractivity contribution in [2.24, 2.45) is 5.41 Å². The van der Waals surface area contributed by atoms with Gasteiger partial charge in [-0.05, 0) is 13.3 Å². The Balaban J connectivity index is 2.44. The van der Waals surface area contributed by atoms with Gasteiger partial charge >= 0.3 is 5.69 Å². The predicted molar refractivity (Wildman–Crippen MR) is 65.8 cm³/mol. The first-order chi connectivity index (χ1) is 8.80. The quantitative estimate of drug-likeness (QED) is 0.850. The standard InChI is InChI=1S/C12H17FN2O4/c1-4-19-7-5-6(12(7,2)3)15-10(17)8(13)9(16)14-11(15)18/h6-7,17H,4-5H2,1-3H3,(H,14,16,18). The van der Waals surface area contributed by atoms with Crippen molar-refractivity contribution in [2.45, 2.75) is 39.3 Å². The van der Waals surface area contributed by atoms with Gasteiger partial charge in [0.25, 0.3) is 5.56 Å². The molecule has 0 saturated heterocycles. The van der Waals surface area contributed by atoms with E-state index in [4.69, 9.17) is 4.74 Å². The van der Waals surface area contributed by atoms with Crippen LogP contribution < -0.4 is 11.2 Å². The van der Waals surface area contributed by atoms with Crippen molar-refractivity contribution in [2.75, 3.05) is 6.61 Å². The number of aromatic nitrogens is 2. The van der Waals surface area contributed by atoms with Crippen LogP contribution in [0.3, 0.4) is 0 Å². The molecule has 0 aromatic carbocycles. The molecular formula is C12H17FN2O4. The number of nitrogens with one attached hydrogen (secondary N) is 1. The Labute approximate surface area is 108 Å². The number of rotatable bonds is 3. The van der Waals surface area contributed by atoms with Gasteiger partial charge in [0.1, 0.15) is 0 Å². The van der Waals surface area contributed by atoms with Crippen LogP contribution in [-0.4, -0.2) is 27.4 Å². The zero-order valence-electron chi connectivity index (χ0n) is 11.1. The molecule has 7 heteroatoms. The smallest absolute Gasteiger partial charge is 0.331 e. The second kappa shape index (κ2) is 4.48. The first-order valence-electron chi connectivity index (χ1n) is 6.15. The minimum absolute atomic E-state index is 0.0659. The summed E-state index contributed by atoms with van der Waals surface area (Å²) >= 11 is 0. The zero-order chi connectivity index (χ0) is 14.4. The van der Waals surface area contributed by atoms with E-state index in [0.717, 1.165) is 4.57 Å². The third-order valence-corrected chi connectivity index (χ3v) is 3.87. The molecule has 1 aromatic heterocycles. The van der Waals surface area contributed by atoms with Gasteiger partial charge in [-0.1, -0.05) is 13.8 Å². The zero-order valence-corrected chi connectivity index (χ0v) is 11.1. The maximum Gasteiger partial charge on any atom is 0.331 e. The topological polar surface area (TPSA) is 84.3 Å². The first kappa shape index (κ1) is 13.8. The van der Waals surface area contributed by atoms with E-state index < -0.39 is 34.4 Å². The molecule has 2 rings (SSSR count). The average Bonchev–Trinajstić information content (AvgIpc) is 2.34.